The zero-order valence-electron chi connectivity index (χ0n) is 33.4. The molecule has 2 aromatic carbocycles. The van der Waals surface area contributed by atoms with Gasteiger partial charge in [-0.1, -0.05) is 60.1 Å². The second kappa shape index (κ2) is 17.0. The van der Waals surface area contributed by atoms with Crippen molar-refractivity contribution in [1.82, 2.24) is 40.4 Å². The van der Waals surface area contributed by atoms with Gasteiger partial charge >= 0.3 is 12.2 Å². The summed E-state index contributed by atoms with van der Waals surface area (Å²) >= 11 is 6.75. The first-order chi connectivity index (χ1) is 28.6. The van der Waals surface area contributed by atoms with Gasteiger partial charge in [0.25, 0.3) is 0 Å². The Morgan fingerprint density at radius 3 is 1.66 bits per heavy atom. The number of aromatic nitrogens is 4. The minimum Gasteiger partial charge on any atom is -0.453 e. The molecule has 16 nitrogen and oxygen atoms in total. The third kappa shape index (κ3) is 8.25. The maximum atomic E-state index is 13.8. The van der Waals surface area contributed by atoms with Gasteiger partial charge < -0.3 is 49.3 Å². The molecule has 0 radical (unpaired) electrons. The van der Waals surface area contributed by atoms with E-state index in [1.165, 1.54) is 14.2 Å². The number of hydrogen-bond acceptors (Lipinski definition) is 10. The molecule has 4 aliphatic rings. The van der Waals surface area contributed by atoms with Gasteiger partial charge in [0.05, 0.1) is 32.0 Å². The molecular weight excluding hydrogens is 780 g/mol. The number of methoxy groups -OCH3 is 4. The number of fused-ring (bicyclic) bond motifs is 2. The van der Waals surface area contributed by atoms with Crippen molar-refractivity contribution in [3.63, 3.8) is 0 Å². The number of halogens is 1. The first kappa shape index (κ1) is 40.3. The van der Waals surface area contributed by atoms with Crippen LogP contribution in [0.15, 0.2) is 54.7 Å². The molecule has 2 aliphatic carbocycles. The lowest BCUT2D eigenvalue weighted by Gasteiger charge is -2.30. The summed E-state index contributed by atoms with van der Waals surface area (Å²) in [5, 5.41) is 5.74. The number of rotatable bonds is 15. The lowest BCUT2D eigenvalue weighted by Crippen LogP contribution is -2.50. The van der Waals surface area contributed by atoms with Crippen LogP contribution in [0.2, 0.25) is 5.15 Å². The van der Waals surface area contributed by atoms with Crippen molar-refractivity contribution in [1.29, 1.82) is 0 Å². The van der Waals surface area contributed by atoms with Gasteiger partial charge in [0.15, 0.2) is 0 Å². The lowest BCUT2D eigenvalue weighted by molar-refractivity contribution is -0.136. The Morgan fingerprint density at radius 1 is 0.695 bits per heavy atom. The average molecular weight is 829 g/mol. The zero-order valence-corrected chi connectivity index (χ0v) is 34.2. The Bertz CT molecular complexity index is 2180. The van der Waals surface area contributed by atoms with Gasteiger partial charge in [-0.05, 0) is 48.6 Å². The number of nitrogens with zero attached hydrogens (tertiary/aromatic N) is 4. The molecule has 312 valence electrons. The van der Waals surface area contributed by atoms with Gasteiger partial charge in [-0.15, -0.1) is 0 Å². The van der Waals surface area contributed by atoms with Gasteiger partial charge in [-0.2, -0.15) is 0 Å². The van der Waals surface area contributed by atoms with E-state index in [1.807, 2.05) is 64.5 Å². The fraction of sp³-hybridized carbons (Fsp3) is 0.476. The number of nitrogens with one attached hydrogen (secondary N) is 4. The van der Waals surface area contributed by atoms with Gasteiger partial charge in [0.2, 0.25) is 11.8 Å². The van der Waals surface area contributed by atoms with Crippen LogP contribution in [-0.2, 0) is 28.5 Å². The first-order valence-corrected chi connectivity index (χ1v) is 20.3. The summed E-state index contributed by atoms with van der Waals surface area (Å²) in [6.07, 6.45) is 4.62. The van der Waals surface area contributed by atoms with Crippen molar-refractivity contribution >= 4 is 35.6 Å². The van der Waals surface area contributed by atoms with Crippen LogP contribution in [0, 0.1) is 11.8 Å². The molecule has 59 heavy (non-hydrogen) atoms. The number of likely N-dealkylation sites (tertiary alicyclic amines) is 2. The fourth-order valence-corrected chi connectivity index (χ4v) is 9.06. The number of H-pyrrole nitrogens is 2. The predicted octanol–water partition coefficient (Wildman–Crippen LogP) is 5.63. The van der Waals surface area contributed by atoms with Crippen LogP contribution in [0.1, 0.15) is 62.3 Å². The molecule has 4 amide bonds. The quantitative estimate of drug-likeness (QED) is 0.117. The lowest BCUT2D eigenvalue weighted by atomic mass is 10.0. The summed E-state index contributed by atoms with van der Waals surface area (Å²) in [7, 11) is 5.66. The Kier molecular flexibility index (Phi) is 11.6. The zero-order chi connectivity index (χ0) is 41.4. The smallest absolute Gasteiger partial charge is 0.407 e. The molecule has 0 bridgehead atoms. The van der Waals surface area contributed by atoms with Crippen LogP contribution < -0.4 is 10.6 Å². The van der Waals surface area contributed by atoms with Crippen LogP contribution in [0.4, 0.5) is 9.59 Å². The highest BCUT2D eigenvalue weighted by Crippen LogP contribution is 2.54. The Hall–Kier alpha value is -5.45. The van der Waals surface area contributed by atoms with Crippen molar-refractivity contribution < 1.29 is 38.1 Å². The highest BCUT2D eigenvalue weighted by molar-refractivity contribution is 6.31. The highest BCUT2D eigenvalue weighted by atomic mass is 35.5. The van der Waals surface area contributed by atoms with E-state index in [9.17, 15) is 19.2 Å². The topological polar surface area (TPSA) is 193 Å². The van der Waals surface area contributed by atoms with E-state index in [2.05, 4.69) is 20.6 Å². The average Bonchev–Trinajstić information content (AvgIpc) is 3.90. The Balaban J connectivity index is 0.938. The third-order valence-corrected chi connectivity index (χ3v) is 12.3. The van der Waals surface area contributed by atoms with Gasteiger partial charge in [-0.25, -0.2) is 19.6 Å². The van der Waals surface area contributed by atoms with E-state index in [4.69, 9.17) is 40.5 Å². The number of benzene rings is 2. The number of amides is 4. The summed E-state index contributed by atoms with van der Waals surface area (Å²) < 4.78 is 20.0. The minimum atomic E-state index is -0.790. The van der Waals surface area contributed by atoms with E-state index in [-0.39, 0.29) is 36.0 Å². The van der Waals surface area contributed by atoms with Crippen molar-refractivity contribution in [2.45, 2.75) is 74.8 Å². The second-order valence-corrected chi connectivity index (χ2v) is 16.0. The number of alkyl carbamates (subject to hydrolysis) is 2. The number of piperidine rings is 2. The number of carbonyl (C=O) groups excluding carboxylic acids is 4. The van der Waals surface area contributed by atoms with Crippen LogP contribution in [-0.4, -0.2) is 120 Å². The van der Waals surface area contributed by atoms with Crippen LogP contribution in [0.5, 0.6) is 0 Å². The van der Waals surface area contributed by atoms with Crippen molar-refractivity contribution in [2.75, 3.05) is 41.7 Å². The SMILES string of the molecule is COCC[C@H](NC(=O)OC)C(=O)N1[C@@H]2C[C@@H]2C[C@H]1c1nc(-c2ccc(-c3ccc(-c4nc([C@@H]5C[C@H]6C[C@H]6N5C(=O)[C@H](CCOC)NC(=O)OC)[nH]c4Cl)cc3)cc2)c[nH]1. The molecule has 4 heterocycles. The minimum absolute atomic E-state index is 0.0894. The molecule has 2 aromatic heterocycles. The summed E-state index contributed by atoms with van der Waals surface area (Å²) in [5.74, 6) is 1.77. The molecule has 4 N–H and O–H groups in total. The van der Waals surface area contributed by atoms with Crippen molar-refractivity contribution in [3.8, 4) is 33.6 Å². The molecule has 2 saturated carbocycles. The summed E-state index contributed by atoms with van der Waals surface area (Å²) in [5.41, 5.74) is 5.15. The van der Waals surface area contributed by atoms with Crippen LogP contribution in [0.3, 0.4) is 0 Å². The fourth-order valence-electron chi connectivity index (χ4n) is 8.81. The standard InChI is InChI=1S/C42H49ClN8O8/c1-56-15-13-28(46-41(54)58-3)39(52)50-31-17-26(31)19-33(50)37-44-21-30(45-37)24-9-5-22(6-10-24)23-7-11-25(12-8-23)35-36(43)49-38(48-35)34-20-27-18-32(27)51(34)40(53)29(14-16-57-2)47-42(55)59-4/h5-12,21,26-29,31-34H,13-20H2,1-4H3,(H,44,45)(H,46,54)(H,47,55)(H,48,49)/t26-,27-,28+,29+,31-,32-,33+,34+/m1/s1. The molecule has 17 heteroatoms. The number of carbonyl (C=O) groups is 4. The Morgan fingerprint density at radius 2 is 1.17 bits per heavy atom. The van der Waals surface area contributed by atoms with Gasteiger partial charge in [0.1, 0.15) is 34.6 Å². The summed E-state index contributed by atoms with van der Waals surface area (Å²) in [4.78, 5) is 71.9. The normalized spacial score (nSPS) is 23.5. The molecule has 0 unspecified atom stereocenters. The largest absolute Gasteiger partial charge is 0.453 e. The molecular formula is C42H49ClN8O8. The van der Waals surface area contributed by atoms with E-state index in [0.29, 0.717) is 54.6 Å². The van der Waals surface area contributed by atoms with E-state index < -0.39 is 24.3 Å². The van der Waals surface area contributed by atoms with E-state index in [1.54, 1.807) is 14.2 Å². The monoisotopic (exact) mass is 828 g/mol. The van der Waals surface area contributed by atoms with Crippen molar-refractivity contribution in [3.05, 3.63) is 71.5 Å². The number of hydrogen-bond donors (Lipinski definition) is 4. The van der Waals surface area contributed by atoms with Crippen molar-refractivity contribution in [2.24, 2.45) is 11.8 Å². The molecule has 2 saturated heterocycles. The number of ether oxygens (including phenoxy) is 4. The number of imidazole rings is 2. The third-order valence-electron chi connectivity index (χ3n) is 12.1. The van der Waals surface area contributed by atoms with Crippen LogP contribution >= 0.6 is 11.6 Å². The summed E-state index contributed by atoms with van der Waals surface area (Å²) in [6, 6.07) is 14.3. The summed E-state index contributed by atoms with van der Waals surface area (Å²) in [6.45, 7) is 0.621. The second-order valence-electron chi connectivity index (χ2n) is 15.7. The molecule has 4 aromatic rings. The first-order valence-electron chi connectivity index (χ1n) is 19.9. The maximum Gasteiger partial charge on any atom is 0.407 e. The Labute approximate surface area is 346 Å². The molecule has 0 spiro atoms. The molecule has 2 aliphatic heterocycles. The molecule has 4 fully saturated rings. The van der Waals surface area contributed by atoms with E-state index in [0.717, 1.165) is 59.5 Å². The van der Waals surface area contributed by atoms with Gasteiger partial charge in [0, 0.05) is 69.7 Å². The maximum absolute atomic E-state index is 13.8. The van der Waals surface area contributed by atoms with Gasteiger partial charge in [-0.3, -0.25) is 9.59 Å². The highest BCUT2D eigenvalue weighted by Gasteiger charge is 2.57. The molecule has 8 rings (SSSR count). The van der Waals surface area contributed by atoms with Crippen LogP contribution in [0.25, 0.3) is 33.6 Å². The van der Waals surface area contributed by atoms with E-state index >= 15 is 0 Å². The number of aromatic amines is 2. The molecule has 8 atom stereocenters. The predicted molar refractivity (Wildman–Crippen MR) is 216 cm³/mol.